The van der Waals surface area contributed by atoms with Crippen LogP contribution in [0.15, 0.2) is 46.4 Å². The van der Waals surface area contributed by atoms with Crippen molar-refractivity contribution in [1.82, 2.24) is 9.80 Å². The Labute approximate surface area is 194 Å². The van der Waals surface area contributed by atoms with Gasteiger partial charge >= 0.3 is 0 Å². The van der Waals surface area contributed by atoms with Crippen LogP contribution in [0, 0.1) is 0 Å². The number of guanidine groups is 1. The topological polar surface area (TPSA) is 92.8 Å². The molecule has 1 saturated heterocycles. The summed E-state index contributed by atoms with van der Waals surface area (Å²) < 4.78 is 11.2. The highest BCUT2D eigenvalue weighted by molar-refractivity contribution is 6.15. The number of benzene rings is 2. The molecule has 0 aromatic heterocycles. The average molecular weight is 450 g/mol. The van der Waals surface area contributed by atoms with Gasteiger partial charge in [-0.15, -0.1) is 0 Å². The zero-order chi connectivity index (χ0) is 23.7. The summed E-state index contributed by atoms with van der Waals surface area (Å²) in [6.07, 6.45) is 0.994. The van der Waals surface area contributed by atoms with Gasteiger partial charge in [-0.2, -0.15) is 4.99 Å². The van der Waals surface area contributed by atoms with Crippen LogP contribution in [0.5, 0.6) is 11.5 Å². The Morgan fingerprint density at radius 1 is 1.15 bits per heavy atom. The molecule has 0 bridgehead atoms. The lowest BCUT2D eigenvalue weighted by atomic mass is 9.79. The van der Waals surface area contributed by atoms with Crippen LogP contribution in [-0.2, 0) is 0 Å². The van der Waals surface area contributed by atoms with Gasteiger partial charge in [-0.1, -0.05) is 12.1 Å². The predicted molar refractivity (Wildman–Crippen MR) is 130 cm³/mol. The first kappa shape index (κ1) is 22.8. The van der Waals surface area contributed by atoms with Crippen LogP contribution in [0.25, 0.3) is 0 Å². The van der Waals surface area contributed by atoms with Gasteiger partial charge in [0.05, 0.1) is 26.0 Å². The summed E-state index contributed by atoms with van der Waals surface area (Å²) in [4.78, 5) is 25.5. The molecule has 2 aliphatic rings. The molecule has 8 heteroatoms. The van der Waals surface area contributed by atoms with Crippen LogP contribution in [0.4, 0.5) is 0 Å². The Balaban J connectivity index is 1.75. The summed E-state index contributed by atoms with van der Waals surface area (Å²) in [6.45, 7) is 1.96. The number of likely N-dealkylation sites (N-methyl/N-ethyl adjacent to an activating group) is 1. The third kappa shape index (κ3) is 4.43. The summed E-state index contributed by atoms with van der Waals surface area (Å²) in [5.41, 5.74) is 10.4. The van der Waals surface area contributed by atoms with Crippen LogP contribution in [0.2, 0.25) is 0 Å². The van der Waals surface area contributed by atoms with E-state index in [1.165, 1.54) is 5.56 Å². The molecule has 174 valence electrons. The number of carbonyl (C=O) groups excluding carboxylic acids is 1. The third-order valence-electron chi connectivity index (χ3n) is 6.36. The molecule has 8 nitrogen and oxygen atoms in total. The fourth-order valence-corrected chi connectivity index (χ4v) is 4.47. The van der Waals surface area contributed by atoms with Gasteiger partial charge in [-0.25, -0.2) is 0 Å². The Kier molecular flexibility index (Phi) is 6.37. The second kappa shape index (κ2) is 9.23. The zero-order valence-electron chi connectivity index (χ0n) is 19.8. The van der Waals surface area contributed by atoms with E-state index in [1.807, 2.05) is 18.2 Å². The summed E-state index contributed by atoms with van der Waals surface area (Å²) in [5, 5.41) is 0. The van der Waals surface area contributed by atoms with Crippen molar-refractivity contribution in [1.29, 1.82) is 0 Å². The third-order valence-corrected chi connectivity index (χ3v) is 6.36. The summed E-state index contributed by atoms with van der Waals surface area (Å²) >= 11 is 0. The number of ether oxygens (including phenoxy) is 2. The number of hydrogen-bond acceptors (Lipinski definition) is 5. The Bertz CT molecular complexity index is 1110. The lowest BCUT2D eigenvalue weighted by molar-refractivity contribution is 0.100. The van der Waals surface area contributed by atoms with Gasteiger partial charge in [-0.3, -0.25) is 9.79 Å². The lowest BCUT2D eigenvalue weighted by Gasteiger charge is -2.39. The minimum Gasteiger partial charge on any atom is -0.493 e. The van der Waals surface area contributed by atoms with Crippen LogP contribution in [0.1, 0.15) is 39.4 Å². The van der Waals surface area contributed by atoms with Gasteiger partial charge in [-0.05, 0) is 49.8 Å². The maximum Gasteiger partial charge on any atom is 0.280 e. The number of rotatable bonds is 4. The predicted octanol–water partition coefficient (Wildman–Crippen LogP) is 2.36. The minimum atomic E-state index is -0.375. The largest absolute Gasteiger partial charge is 0.493 e. The number of piperidine rings is 1. The van der Waals surface area contributed by atoms with Gasteiger partial charge in [0.2, 0.25) is 0 Å². The number of carbonyl (C=O) groups is 1. The van der Waals surface area contributed by atoms with Crippen molar-refractivity contribution < 1.29 is 14.3 Å². The highest BCUT2D eigenvalue weighted by Crippen LogP contribution is 2.42. The van der Waals surface area contributed by atoms with E-state index in [4.69, 9.17) is 20.2 Å². The monoisotopic (exact) mass is 449 g/mol. The summed E-state index contributed by atoms with van der Waals surface area (Å²) in [7, 11) is 8.94. The van der Waals surface area contributed by atoms with E-state index in [-0.39, 0.29) is 17.9 Å². The fraction of sp³-hybridized carbons (Fsp3) is 0.400. The first-order valence-electron chi connectivity index (χ1n) is 11.0. The Hall–Kier alpha value is -3.39. The molecule has 0 radical (unpaired) electrons. The van der Waals surface area contributed by atoms with E-state index >= 15 is 0 Å². The molecule has 2 heterocycles. The van der Waals surface area contributed by atoms with Crippen molar-refractivity contribution in [3.63, 3.8) is 0 Å². The van der Waals surface area contributed by atoms with E-state index in [9.17, 15) is 4.79 Å². The number of methoxy groups -OCH3 is 2. The molecular weight excluding hydrogens is 418 g/mol. The van der Waals surface area contributed by atoms with E-state index in [0.29, 0.717) is 17.2 Å². The maximum atomic E-state index is 12.5. The maximum absolute atomic E-state index is 12.5. The van der Waals surface area contributed by atoms with Gasteiger partial charge in [0, 0.05) is 43.2 Å². The molecule has 2 aromatic rings. The molecular formula is C25H31N5O3. The standard InChI is InChI=1S/C25H31N5O3/c1-29(2)25(26)28-24(31)16-8-6-15(7-9-16)23-18-13-22(33-5)21(32-4)12-17(18)19-14-30(3)11-10-20(19)27-23/h6-9,12-13,19-20H,10-11,14H2,1-5H3,(H2,26,28,31)/t19-,20-/m1/s1. The number of amides is 1. The van der Waals surface area contributed by atoms with Crippen LogP contribution >= 0.6 is 0 Å². The molecule has 1 amide bonds. The van der Waals surface area contributed by atoms with Gasteiger partial charge < -0.3 is 25.0 Å². The normalized spacial score (nSPS) is 20.4. The first-order chi connectivity index (χ1) is 15.8. The molecule has 2 atom stereocenters. The zero-order valence-corrected chi connectivity index (χ0v) is 19.8. The van der Waals surface area contributed by atoms with E-state index in [1.54, 1.807) is 45.3 Å². The smallest absolute Gasteiger partial charge is 0.280 e. The lowest BCUT2D eigenvalue weighted by Crippen LogP contribution is -2.41. The molecule has 0 aliphatic carbocycles. The van der Waals surface area contributed by atoms with E-state index in [2.05, 4.69) is 23.0 Å². The molecule has 0 saturated carbocycles. The van der Waals surface area contributed by atoms with Crippen molar-refractivity contribution in [3.8, 4) is 11.5 Å². The van der Waals surface area contributed by atoms with Crippen molar-refractivity contribution in [2.24, 2.45) is 15.7 Å². The number of hydrogen-bond donors (Lipinski definition) is 1. The molecule has 1 fully saturated rings. The van der Waals surface area contributed by atoms with Gasteiger partial charge in [0.25, 0.3) is 5.91 Å². The SMILES string of the molecule is COc1cc2c(cc1OC)[C@H]1CN(C)CC[C@H]1N=C2c1ccc(C(=O)N=C(N)N(C)C)cc1. The molecule has 33 heavy (non-hydrogen) atoms. The van der Waals surface area contributed by atoms with Crippen molar-refractivity contribution in [2.45, 2.75) is 18.4 Å². The highest BCUT2D eigenvalue weighted by Gasteiger charge is 2.36. The molecule has 2 N–H and O–H groups in total. The average Bonchev–Trinajstić information content (AvgIpc) is 2.82. The first-order valence-corrected chi connectivity index (χ1v) is 11.0. The molecule has 2 aliphatic heterocycles. The van der Waals surface area contributed by atoms with Gasteiger partial charge in [0.15, 0.2) is 17.5 Å². The highest BCUT2D eigenvalue weighted by atomic mass is 16.5. The van der Waals surface area contributed by atoms with Crippen molar-refractivity contribution >= 4 is 17.6 Å². The number of aliphatic imine (C=N–C) groups is 2. The number of fused-ring (bicyclic) bond motifs is 3. The minimum absolute atomic E-state index is 0.170. The second-order valence-electron chi connectivity index (χ2n) is 8.74. The van der Waals surface area contributed by atoms with Crippen molar-refractivity contribution in [3.05, 3.63) is 58.7 Å². The van der Waals surface area contributed by atoms with Crippen LogP contribution in [0.3, 0.4) is 0 Å². The Morgan fingerprint density at radius 2 is 1.82 bits per heavy atom. The molecule has 2 aromatic carbocycles. The Morgan fingerprint density at radius 3 is 2.45 bits per heavy atom. The van der Waals surface area contributed by atoms with Crippen LogP contribution < -0.4 is 15.2 Å². The van der Waals surface area contributed by atoms with Gasteiger partial charge in [0.1, 0.15) is 0 Å². The van der Waals surface area contributed by atoms with E-state index < -0.39 is 0 Å². The summed E-state index contributed by atoms with van der Waals surface area (Å²) in [6, 6.07) is 11.7. The fourth-order valence-electron chi connectivity index (χ4n) is 4.47. The molecule has 4 rings (SSSR count). The second-order valence-corrected chi connectivity index (χ2v) is 8.74. The van der Waals surface area contributed by atoms with Crippen LogP contribution in [-0.4, -0.2) is 81.9 Å². The number of likely N-dealkylation sites (tertiary alicyclic amines) is 1. The quantitative estimate of drug-likeness (QED) is 0.569. The molecule has 0 unspecified atom stereocenters. The van der Waals surface area contributed by atoms with Crippen molar-refractivity contribution in [2.75, 3.05) is 48.5 Å². The van der Waals surface area contributed by atoms with E-state index in [0.717, 1.165) is 42.1 Å². The number of nitrogens with two attached hydrogens (primary N) is 1. The summed E-state index contributed by atoms with van der Waals surface area (Å²) in [5.74, 6) is 1.49. The number of nitrogens with zero attached hydrogens (tertiary/aromatic N) is 4. The molecule has 0 spiro atoms.